The summed E-state index contributed by atoms with van der Waals surface area (Å²) in [4.78, 5) is 4.38. The highest BCUT2D eigenvalue weighted by molar-refractivity contribution is 5.82. The molecule has 2 aliphatic heterocycles. The molecule has 1 aromatic carbocycles. The van der Waals surface area contributed by atoms with E-state index >= 15 is 0 Å². The number of hydrogen-bond donors (Lipinski definition) is 1. The third kappa shape index (κ3) is 2.86. The van der Waals surface area contributed by atoms with Gasteiger partial charge in [-0.1, -0.05) is 45.1 Å². The van der Waals surface area contributed by atoms with Crippen LogP contribution < -0.4 is 5.32 Å². The number of fused-ring (bicyclic) bond motifs is 2. The maximum atomic E-state index is 7.44. The molecule has 3 heterocycles. The largest absolute Gasteiger partial charge is 0.359 e. The van der Waals surface area contributed by atoms with Crippen molar-refractivity contribution in [3.05, 3.63) is 65.5 Å². The minimum absolute atomic E-state index is 0.0207. The predicted molar refractivity (Wildman–Crippen MR) is 138 cm³/mol. The zero-order chi connectivity index (χ0) is 23.1. The van der Waals surface area contributed by atoms with E-state index in [9.17, 15) is 0 Å². The maximum absolute atomic E-state index is 7.44. The number of nitrogens with zero attached hydrogens (tertiary/aromatic N) is 1. The van der Waals surface area contributed by atoms with E-state index in [-0.39, 0.29) is 16.6 Å². The highest BCUT2D eigenvalue weighted by Crippen LogP contribution is 2.69. The normalized spacial score (nSPS) is 40.5. The Labute approximate surface area is 204 Å². The van der Waals surface area contributed by atoms with Crippen LogP contribution in [-0.2, 0) is 4.74 Å². The Morgan fingerprint density at radius 1 is 1.09 bits per heavy atom. The van der Waals surface area contributed by atoms with E-state index in [0.29, 0.717) is 23.9 Å². The number of allylic oxidation sites excluding steroid dienone is 1. The third-order valence-electron chi connectivity index (χ3n) is 10.3. The fourth-order valence-corrected chi connectivity index (χ4v) is 8.89. The molecule has 3 heteroatoms. The Morgan fingerprint density at radius 3 is 2.88 bits per heavy atom. The van der Waals surface area contributed by atoms with Crippen LogP contribution in [0.25, 0.3) is 10.8 Å². The predicted octanol–water partition coefficient (Wildman–Crippen LogP) is 6.84. The Bertz CT molecular complexity index is 1210. The monoisotopic (exact) mass is 454 g/mol. The fraction of sp³-hybridized carbons (Fsp3) is 0.581. The standard InChI is InChI=1S/C31H38N2O/c1-20(2)33-26-7-6-24-17-25-10-12-29(3)27(22-5-4-21-11-15-32-19-23(21)16-22)8-9-28(29)31(25)14-13-30(24,18-26)34-31/h4-5,10-11,15-17,19-20,26-28,33H,6-9,12-14,18H2,1-3H3/t26-,27-,28-,29?,30-,31-/m1/s1. The first-order valence-electron chi connectivity index (χ1n) is 13.6. The lowest BCUT2D eigenvalue weighted by atomic mass is 9.58. The first kappa shape index (κ1) is 21.3. The minimum Gasteiger partial charge on any atom is -0.359 e. The minimum atomic E-state index is -0.0661. The van der Waals surface area contributed by atoms with E-state index in [1.807, 2.05) is 12.4 Å². The van der Waals surface area contributed by atoms with Crippen LogP contribution in [0.15, 0.2) is 60.0 Å². The van der Waals surface area contributed by atoms with Crippen molar-refractivity contribution in [2.24, 2.45) is 11.3 Å². The molecule has 1 aromatic heterocycles. The summed E-state index contributed by atoms with van der Waals surface area (Å²) in [6.45, 7) is 7.12. The van der Waals surface area contributed by atoms with E-state index in [0.717, 1.165) is 6.42 Å². The lowest BCUT2D eigenvalue weighted by Gasteiger charge is -2.54. The summed E-state index contributed by atoms with van der Waals surface area (Å²) >= 11 is 0. The van der Waals surface area contributed by atoms with Gasteiger partial charge in [-0.15, -0.1) is 0 Å². The zero-order valence-electron chi connectivity index (χ0n) is 20.9. The molecule has 2 spiro atoms. The van der Waals surface area contributed by atoms with Crippen molar-refractivity contribution < 1.29 is 4.74 Å². The summed E-state index contributed by atoms with van der Waals surface area (Å²) in [5, 5.41) is 6.39. The molecule has 1 saturated heterocycles. The smallest absolute Gasteiger partial charge is 0.0974 e. The van der Waals surface area contributed by atoms with Gasteiger partial charge in [0.2, 0.25) is 0 Å². The van der Waals surface area contributed by atoms with E-state index in [1.54, 1.807) is 5.57 Å². The molecular weight excluding hydrogens is 416 g/mol. The molecule has 2 saturated carbocycles. The second-order valence-electron chi connectivity index (χ2n) is 12.5. The fourth-order valence-electron chi connectivity index (χ4n) is 8.89. The van der Waals surface area contributed by atoms with Gasteiger partial charge in [-0.25, -0.2) is 0 Å². The van der Waals surface area contributed by atoms with Crippen molar-refractivity contribution in [3.8, 4) is 0 Å². The molecule has 7 rings (SSSR count). The quantitative estimate of drug-likeness (QED) is 0.551. The van der Waals surface area contributed by atoms with Gasteiger partial charge in [0.1, 0.15) is 0 Å². The van der Waals surface area contributed by atoms with Gasteiger partial charge in [-0.2, -0.15) is 0 Å². The van der Waals surface area contributed by atoms with Gasteiger partial charge in [0, 0.05) is 29.9 Å². The molecule has 0 radical (unpaired) electrons. The van der Waals surface area contributed by atoms with Crippen molar-refractivity contribution in [3.63, 3.8) is 0 Å². The van der Waals surface area contributed by atoms with Crippen LogP contribution in [0.3, 0.4) is 0 Å². The van der Waals surface area contributed by atoms with Crippen LogP contribution in [0, 0.1) is 11.3 Å². The van der Waals surface area contributed by atoms with Crippen LogP contribution in [-0.4, -0.2) is 28.3 Å². The number of ether oxygens (including phenoxy) is 1. The molecule has 3 nitrogen and oxygen atoms in total. The highest BCUT2D eigenvalue weighted by Gasteiger charge is 2.66. The average molecular weight is 455 g/mol. The molecule has 3 aliphatic carbocycles. The van der Waals surface area contributed by atoms with Gasteiger partial charge < -0.3 is 10.1 Å². The molecular formula is C31H38N2O. The lowest BCUT2D eigenvalue weighted by molar-refractivity contribution is -0.136. The third-order valence-corrected chi connectivity index (χ3v) is 10.3. The number of nitrogens with one attached hydrogen (secondary N) is 1. The first-order chi connectivity index (χ1) is 16.4. The summed E-state index contributed by atoms with van der Waals surface area (Å²) in [6, 6.07) is 10.3. The molecule has 5 aliphatic rings. The number of hydrogen-bond acceptors (Lipinski definition) is 3. The summed E-state index contributed by atoms with van der Waals surface area (Å²) in [7, 11) is 0. The number of aromatic nitrogens is 1. The topological polar surface area (TPSA) is 34.2 Å². The van der Waals surface area contributed by atoms with Gasteiger partial charge in [0.25, 0.3) is 0 Å². The zero-order valence-corrected chi connectivity index (χ0v) is 20.9. The van der Waals surface area contributed by atoms with Crippen LogP contribution in [0.5, 0.6) is 0 Å². The average Bonchev–Trinajstić information content (AvgIpc) is 3.33. The van der Waals surface area contributed by atoms with Gasteiger partial charge in [-0.3, -0.25) is 4.98 Å². The van der Waals surface area contributed by atoms with Crippen LogP contribution in [0.4, 0.5) is 0 Å². The van der Waals surface area contributed by atoms with Gasteiger partial charge >= 0.3 is 0 Å². The summed E-state index contributed by atoms with van der Waals surface area (Å²) in [6.07, 6.45) is 18.8. The Kier molecular flexibility index (Phi) is 4.56. The molecule has 178 valence electrons. The SMILES string of the molecule is CC(C)N[C@@H]1CCC2=CC3=CCC4(C)[C@@H](c5ccc6ccncc6c5)CC[C@H]4[C@@]34CC[C@]2(C1)O4. The maximum Gasteiger partial charge on any atom is 0.0974 e. The van der Waals surface area contributed by atoms with Crippen LogP contribution in [0.2, 0.25) is 0 Å². The second-order valence-corrected chi connectivity index (χ2v) is 12.5. The van der Waals surface area contributed by atoms with Gasteiger partial charge in [0.15, 0.2) is 0 Å². The van der Waals surface area contributed by atoms with Gasteiger partial charge in [0.05, 0.1) is 11.2 Å². The molecule has 1 unspecified atom stereocenters. The highest BCUT2D eigenvalue weighted by atomic mass is 16.5. The summed E-state index contributed by atoms with van der Waals surface area (Å²) < 4.78 is 7.44. The molecule has 2 aromatic rings. The van der Waals surface area contributed by atoms with Crippen molar-refractivity contribution in [2.75, 3.05) is 0 Å². The van der Waals surface area contributed by atoms with E-state index in [4.69, 9.17) is 4.74 Å². The second kappa shape index (κ2) is 7.27. The Hall–Kier alpha value is -1.97. The lowest BCUT2D eigenvalue weighted by Crippen LogP contribution is -2.55. The molecule has 0 amide bonds. The van der Waals surface area contributed by atoms with Gasteiger partial charge in [-0.05, 0) is 103 Å². The van der Waals surface area contributed by atoms with Crippen LogP contribution >= 0.6 is 0 Å². The Morgan fingerprint density at radius 2 is 2.00 bits per heavy atom. The Balaban J connectivity index is 1.25. The molecule has 3 fully saturated rings. The van der Waals surface area contributed by atoms with E-state index < -0.39 is 0 Å². The molecule has 6 atom stereocenters. The van der Waals surface area contributed by atoms with E-state index in [1.165, 1.54) is 66.9 Å². The van der Waals surface area contributed by atoms with E-state index in [2.05, 4.69) is 67.5 Å². The van der Waals surface area contributed by atoms with Crippen molar-refractivity contribution in [1.82, 2.24) is 10.3 Å². The molecule has 1 N–H and O–H groups in total. The number of benzene rings is 1. The first-order valence-corrected chi connectivity index (χ1v) is 13.6. The molecule has 34 heavy (non-hydrogen) atoms. The van der Waals surface area contributed by atoms with Crippen molar-refractivity contribution >= 4 is 10.8 Å². The van der Waals surface area contributed by atoms with Crippen molar-refractivity contribution in [1.29, 1.82) is 0 Å². The van der Waals surface area contributed by atoms with Crippen molar-refractivity contribution in [2.45, 2.75) is 101 Å². The number of rotatable bonds is 3. The number of pyridine rings is 1. The summed E-state index contributed by atoms with van der Waals surface area (Å²) in [5.41, 5.74) is 4.78. The molecule has 2 bridgehead atoms. The summed E-state index contributed by atoms with van der Waals surface area (Å²) in [5.74, 6) is 1.19. The van der Waals surface area contributed by atoms with Crippen LogP contribution in [0.1, 0.15) is 83.6 Å².